The molecule has 96 valence electrons. The van der Waals surface area contributed by atoms with Crippen LogP contribution >= 0.6 is 0 Å². The number of aromatic nitrogens is 1. The summed E-state index contributed by atoms with van der Waals surface area (Å²) in [4.78, 5) is 0. The van der Waals surface area contributed by atoms with E-state index in [2.05, 4.69) is 5.16 Å². The molecule has 1 aromatic rings. The van der Waals surface area contributed by atoms with E-state index in [1.807, 2.05) is 13.0 Å². The van der Waals surface area contributed by atoms with E-state index in [0.29, 0.717) is 5.92 Å². The minimum Gasteiger partial charge on any atom is -0.361 e. The van der Waals surface area contributed by atoms with Crippen molar-refractivity contribution in [1.29, 1.82) is 0 Å². The maximum atomic E-state index is 11.0. The Kier molecular flexibility index (Phi) is 3.53. The Bertz CT molecular complexity index is 471. The Morgan fingerprint density at radius 1 is 1.35 bits per heavy atom. The van der Waals surface area contributed by atoms with Crippen molar-refractivity contribution < 1.29 is 17.1 Å². The number of aryl methyl sites for hydroxylation is 1. The van der Waals surface area contributed by atoms with Crippen LogP contribution in [0.1, 0.15) is 43.1 Å². The molecule has 1 fully saturated rings. The van der Waals surface area contributed by atoms with Gasteiger partial charge in [0.2, 0.25) is 0 Å². The molecule has 0 aliphatic heterocycles. The Labute approximate surface area is 101 Å². The van der Waals surface area contributed by atoms with Gasteiger partial charge < -0.3 is 4.52 Å². The van der Waals surface area contributed by atoms with Crippen LogP contribution in [-0.2, 0) is 14.3 Å². The van der Waals surface area contributed by atoms with E-state index in [1.54, 1.807) is 0 Å². The Hall–Kier alpha value is -0.880. The van der Waals surface area contributed by atoms with Crippen LogP contribution < -0.4 is 0 Å². The molecule has 6 heteroatoms. The molecule has 0 unspecified atom stereocenters. The van der Waals surface area contributed by atoms with Gasteiger partial charge in [-0.25, -0.2) is 0 Å². The molecule has 1 aromatic heterocycles. The van der Waals surface area contributed by atoms with Gasteiger partial charge in [0.1, 0.15) is 5.76 Å². The molecule has 1 aliphatic rings. The van der Waals surface area contributed by atoms with E-state index in [4.69, 9.17) is 8.71 Å². The maximum Gasteiger partial charge on any atom is 0.264 e. The van der Waals surface area contributed by atoms with Gasteiger partial charge in [-0.1, -0.05) is 5.16 Å². The maximum absolute atomic E-state index is 11.0. The van der Waals surface area contributed by atoms with Crippen molar-refractivity contribution >= 4 is 10.1 Å². The van der Waals surface area contributed by atoms with Gasteiger partial charge in [-0.3, -0.25) is 4.18 Å². The molecule has 0 spiro atoms. The van der Waals surface area contributed by atoms with E-state index in [-0.39, 0.29) is 6.10 Å². The second-order valence-corrected chi connectivity index (χ2v) is 6.25. The highest BCUT2D eigenvalue weighted by atomic mass is 32.2. The molecule has 17 heavy (non-hydrogen) atoms. The topological polar surface area (TPSA) is 69.4 Å². The van der Waals surface area contributed by atoms with Gasteiger partial charge in [-0.05, 0) is 32.6 Å². The molecule has 0 N–H and O–H groups in total. The summed E-state index contributed by atoms with van der Waals surface area (Å²) in [6.45, 7) is 1.89. The summed E-state index contributed by atoms with van der Waals surface area (Å²) >= 11 is 0. The fourth-order valence-corrected chi connectivity index (χ4v) is 2.95. The standard InChI is InChI=1S/C11H17NO4S/c1-8-7-11(15-12-8)9-3-5-10(6-4-9)16-17(2,13)14/h7,9-10H,3-6H2,1-2H3. The first-order valence-corrected chi connectivity index (χ1v) is 7.57. The fourth-order valence-electron chi connectivity index (χ4n) is 2.27. The predicted octanol–water partition coefficient (Wildman–Crippen LogP) is 1.99. The average Bonchev–Trinajstić information content (AvgIpc) is 2.63. The lowest BCUT2D eigenvalue weighted by atomic mass is 9.86. The summed E-state index contributed by atoms with van der Waals surface area (Å²) in [6.07, 6.45) is 4.18. The van der Waals surface area contributed by atoms with E-state index in [0.717, 1.165) is 43.4 Å². The van der Waals surface area contributed by atoms with E-state index in [9.17, 15) is 8.42 Å². The van der Waals surface area contributed by atoms with Gasteiger partial charge in [0.15, 0.2) is 0 Å². The highest BCUT2D eigenvalue weighted by Gasteiger charge is 2.27. The largest absolute Gasteiger partial charge is 0.361 e. The van der Waals surface area contributed by atoms with Crippen LogP contribution in [0.25, 0.3) is 0 Å². The number of rotatable bonds is 3. The Morgan fingerprint density at radius 3 is 2.47 bits per heavy atom. The van der Waals surface area contributed by atoms with Crippen LogP contribution in [0.5, 0.6) is 0 Å². The molecular formula is C11H17NO4S. The van der Waals surface area contributed by atoms with E-state index < -0.39 is 10.1 Å². The molecule has 0 saturated heterocycles. The monoisotopic (exact) mass is 259 g/mol. The number of hydrogen-bond acceptors (Lipinski definition) is 5. The normalized spacial score (nSPS) is 26.0. The molecule has 0 atom stereocenters. The Balaban J connectivity index is 1.90. The van der Waals surface area contributed by atoms with Crippen molar-refractivity contribution in [1.82, 2.24) is 5.16 Å². The SMILES string of the molecule is Cc1cc(C2CCC(OS(C)(=O)=O)CC2)on1. The van der Waals surface area contributed by atoms with Gasteiger partial charge in [0.25, 0.3) is 10.1 Å². The molecule has 1 aliphatic carbocycles. The quantitative estimate of drug-likeness (QED) is 0.776. The zero-order valence-corrected chi connectivity index (χ0v) is 10.9. The first-order valence-electron chi connectivity index (χ1n) is 5.75. The summed E-state index contributed by atoms with van der Waals surface area (Å²) in [5.74, 6) is 1.25. The lowest BCUT2D eigenvalue weighted by molar-refractivity contribution is 0.148. The van der Waals surface area contributed by atoms with Crippen molar-refractivity contribution in [2.24, 2.45) is 0 Å². The first-order chi connectivity index (χ1) is 7.94. The molecule has 1 heterocycles. The lowest BCUT2D eigenvalue weighted by Crippen LogP contribution is -2.23. The van der Waals surface area contributed by atoms with Crippen LogP contribution in [0.3, 0.4) is 0 Å². The van der Waals surface area contributed by atoms with Crippen LogP contribution in [-0.4, -0.2) is 25.9 Å². The molecule has 5 nitrogen and oxygen atoms in total. The summed E-state index contributed by atoms with van der Waals surface area (Å²) in [5, 5.41) is 3.87. The first kappa shape index (κ1) is 12.6. The molecule has 1 saturated carbocycles. The highest BCUT2D eigenvalue weighted by Crippen LogP contribution is 2.34. The third-order valence-electron chi connectivity index (χ3n) is 3.03. The Morgan fingerprint density at radius 2 is 2.00 bits per heavy atom. The fraction of sp³-hybridized carbons (Fsp3) is 0.727. The highest BCUT2D eigenvalue weighted by molar-refractivity contribution is 7.86. The lowest BCUT2D eigenvalue weighted by Gasteiger charge is -2.25. The van der Waals surface area contributed by atoms with Crippen molar-refractivity contribution in [3.8, 4) is 0 Å². The van der Waals surface area contributed by atoms with Crippen LogP contribution in [0, 0.1) is 6.92 Å². The molecular weight excluding hydrogens is 242 g/mol. The molecule has 0 radical (unpaired) electrons. The zero-order valence-electron chi connectivity index (χ0n) is 10.0. The van der Waals surface area contributed by atoms with Crippen molar-refractivity contribution in [3.05, 3.63) is 17.5 Å². The minimum atomic E-state index is -3.34. The smallest absolute Gasteiger partial charge is 0.264 e. The minimum absolute atomic E-state index is 0.176. The van der Waals surface area contributed by atoms with E-state index in [1.165, 1.54) is 0 Å². The van der Waals surface area contributed by atoms with Gasteiger partial charge in [0.05, 0.1) is 18.1 Å². The van der Waals surface area contributed by atoms with Gasteiger partial charge in [-0.15, -0.1) is 0 Å². The average molecular weight is 259 g/mol. The van der Waals surface area contributed by atoms with Crippen LogP contribution in [0.2, 0.25) is 0 Å². The molecule has 0 amide bonds. The summed E-state index contributed by atoms with van der Waals surface area (Å²) in [6, 6.07) is 1.95. The second kappa shape index (κ2) is 4.78. The summed E-state index contributed by atoms with van der Waals surface area (Å²) in [7, 11) is -3.34. The van der Waals surface area contributed by atoms with Gasteiger partial charge in [0, 0.05) is 12.0 Å². The number of hydrogen-bond donors (Lipinski definition) is 0. The van der Waals surface area contributed by atoms with Crippen molar-refractivity contribution in [3.63, 3.8) is 0 Å². The molecule has 0 bridgehead atoms. The van der Waals surface area contributed by atoms with Crippen LogP contribution in [0.15, 0.2) is 10.6 Å². The van der Waals surface area contributed by atoms with E-state index >= 15 is 0 Å². The number of nitrogens with zero attached hydrogens (tertiary/aromatic N) is 1. The third-order valence-corrected chi connectivity index (χ3v) is 3.66. The van der Waals surface area contributed by atoms with Crippen LogP contribution in [0.4, 0.5) is 0 Å². The second-order valence-electron chi connectivity index (χ2n) is 4.64. The third kappa shape index (κ3) is 3.54. The van der Waals surface area contributed by atoms with Crippen molar-refractivity contribution in [2.75, 3.05) is 6.26 Å². The van der Waals surface area contributed by atoms with Crippen molar-refractivity contribution in [2.45, 2.75) is 44.6 Å². The van der Waals surface area contributed by atoms with Gasteiger partial charge >= 0.3 is 0 Å². The summed E-state index contributed by atoms with van der Waals surface area (Å²) < 4.78 is 32.2. The molecule has 2 rings (SSSR count). The zero-order chi connectivity index (χ0) is 12.5. The summed E-state index contributed by atoms with van der Waals surface area (Å²) in [5.41, 5.74) is 0.884. The van der Waals surface area contributed by atoms with Gasteiger partial charge in [-0.2, -0.15) is 8.42 Å². The predicted molar refractivity (Wildman–Crippen MR) is 62.2 cm³/mol. The molecule has 0 aromatic carbocycles.